The zero-order valence-electron chi connectivity index (χ0n) is 14.5. The second kappa shape index (κ2) is 8.26. The first-order valence-corrected chi connectivity index (χ1v) is 8.01. The SMILES string of the molecule is COC(=O)C1=C(C)N(C)C(CCC(C)CCC=C(C)C)C1. The van der Waals surface area contributed by atoms with E-state index in [0.29, 0.717) is 6.04 Å². The molecule has 120 valence electrons. The van der Waals surface area contributed by atoms with Gasteiger partial charge in [0, 0.05) is 25.2 Å². The Balaban J connectivity index is 2.41. The van der Waals surface area contributed by atoms with Crippen molar-refractivity contribution in [3.63, 3.8) is 0 Å². The van der Waals surface area contributed by atoms with Gasteiger partial charge in [-0.15, -0.1) is 0 Å². The molecule has 3 heteroatoms. The molecule has 1 heterocycles. The fraction of sp³-hybridized carbons (Fsp3) is 0.722. The molecule has 0 aliphatic carbocycles. The van der Waals surface area contributed by atoms with E-state index in [9.17, 15) is 4.79 Å². The minimum atomic E-state index is -0.168. The average molecular weight is 293 g/mol. The first kappa shape index (κ1) is 17.8. The van der Waals surface area contributed by atoms with Crippen molar-refractivity contribution >= 4 is 5.97 Å². The number of rotatable bonds is 7. The molecule has 0 aromatic heterocycles. The normalized spacial score (nSPS) is 19.7. The van der Waals surface area contributed by atoms with Crippen LogP contribution in [0, 0.1) is 5.92 Å². The first-order chi connectivity index (χ1) is 9.86. The van der Waals surface area contributed by atoms with Gasteiger partial charge in [-0.3, -0.25) is 0 Å². The van der Waals surface area contributed by atoms with E-state index < -0.39 is 0 Å². The van der Waals surface area contributed by atoms with Crippen molar-refractivity contribution in [3.8, 4) is 0 Å². The second-order valence-electron chi connectivity index (χ2n) is 6.57. The molecule has 1 rings (SSSR count). The molecule has 0 aromatic carbocycles. The first-order valence-electron chi connectivity index (χ1n) is 8.01. The third-order valence-corrected chi connectivity index (χ3v) is 4.59. The van der Waals surface area contributed by atoms with Gasteiger partial charge < -0.3 is 9.64 Å². The van der Waals surface area contributed by atoms with Crippen LogP contribution in [0.1, 0.15) is 59.8 Å². The molecule has 0 N–H and O–H groups in total. The highest BCUT2D eigenvalue weighted by molar-refractivity contribution is 5.89. The van der Waals surface area contributed by atoms with Crippen molar-refractivity contribution < 1.29 is 9.53 Å². The summed E-state index contributed by atoms with van der Waals surface area (Å²) in [5.74, 6) is 0.565. The van der Waals surface area contributed by atoms with Crippen LogP contribution in [0.5, 0.6) is 0 Å². The lowest BCUT2D eigenvalue weighted by atomic mass is 9.95. The number of allylic oxidation sites excluding steroid dienone is 3. The average Bonchev–Trinajstić information content (AvgIpc) is 2.72. The van der Waals surface area contributed by atoms with Crippen LogP contribution in [0.25, 0.3) is 0 Å². The number of ether oxygens (including phenoxy) is 1. The fourth-order valence-electron chi connectivity index (χ4n) is 2.93. The molecule has 0 amide bonds. The maximum Gasteiger partial charge on any atom is 0.335 e. The lowest BCUT2D eigenvalue weighted by molar-refractivity contribution is -0.136. The third kappa shape index (κ3) is 5.22. The van der Waals surface area contributed by atoms with Crippen LogP contribution in [0.2, 0.25) is 0 Å². The maximum atomic E-state index is 11.7. The summed E-state index contributed by atoms with van der Waals surface area (Å²) in [6.45, 7) is 8.65. The Bertz CT molecular complexity index is 419. The topological polar surface area (TPSA) is 29.5 Å². The number of carbonyl (C=O) groups excluding carboxylic acids is 1. The minimum Gasteiger partial charge on any atom is -0.466 e. The summed E-state index contributed by atoms with van der Waals surface area (Å²) in [6, 6.07) is 0.449. The van der Waals surface area contributed by atoms with Gasteiger partial charge in [0.15, 0.2) is 0 Å². The largest absolute Gasteiger partial charge is 0.466 e. The van der Waals surface area contributed by atoms with Crippen LogP contribution in [0.15, 0.2) is 22.9 Å². The summed E-state index contributed by atoms with van der Waals surface area (Å²) in [5, 5.41) is 0. The second-order valence-corrected chi connectivity index (χ2v) is 6.57. The van der Waals surface area contributed by atoms with E-state index in [1.807, 2.05) is 6.92 Å². The lowest BCUT2D eigenvalue weighted by Gasteiger charge is -2.24. The summed E-state index contributed by atoms with van der Waals surface area (Å²) in [6.07, 6.45) is 7.93. The van der Waals surface area contributed by atoms with Crippen molar-refractivity contribution in [2.75, 3.05) is 14.2 Å². The van der Waals surface area contributed by atoms with E-state index in [1.165, 1.54) is 31.9 Å². The molecule has 0 radical (unpaired) electrons. The Hall–Kier alpha value is -1.25. The number of hydrogen-bond acceptors (Lipinski definition) is 3. The number of methoxy groups -OCH3 is 1. The van der Waals surface area contributed by atoms with Gasteiger partial charge in [-0.2, -0.15) is 0 Å². The third-order valence-electron chi connectivity index (χ3n) is 4.59. The number of carbonyl (C=O) groups is 1. The van der Waals surface area contributed by atoms with Crippen molar-refractivity contribution in [2.45, 2.75) is 65.8 Å². The predicted molar refractivity (Wildman–Crippen MR) is 87.9 cm³/mol. The Kier molecular flexibility index (Phi) is 7.00. The molecule has 0 saturated carbocycles. The maximum absolute atomic E-state index is 11.7. The minimum absolute atomic E-state index is 0.168. The van der Waals surface area contributed by atoms with Gasteiger partial charge in [-0.1, -0.05) is 18.6 Å². The van der Waals surface area contributed by atoms with Gasteiger partial charge in [-0.25, -0.2) is 4.79 Å². The Labute approximate surface area is 130 Å². The Morgan fingerprint density at radius 1 is 1.43 bits per heavy atom. The monoisotopic (exact) mass is 293 g/mol. The molecule has 2 atom stereocenters. The molecule has 0 fully saturated rings. The smallest absolute Gasteiger partial charge is 0.335 e. The molecular formula is C18H31NO2. The highest BCUT2D eigenvalue weighted by Gasteiger charge is 2.30. The lowest BCUT2D eigenvalue weighted by Crippen LogP contribution is -2.25. The zero-order valence-corrected chi connectivity index (χ0v) is 14.5. The van der Waals surface area contributed by atoms with E-state index in [-0.39, 0.29) is 5.97 Å². The van der Waals surface area contributed by atoms with E-state index in [0.717, 1.165) is 30.0 Å². The van der Waals surface area contributed by atoms with Gasteiger partial charge in [0.1, 0.15) is 0 Å². The molecule has 3 nitrogen and oxygen atoms in total. The van der Waals surface area contributed by atoms with Gasteiger partial charge in [-0.05, 0) is 52.4 Å². The van der Waals surface area contributed by atoms with E-state index in [4.69, 9.17) is 4.74 Å². The van der Waals surface area contributed by atoms with Crippen molar-refractivity contribution in [2.24, 2.45) is 5.92 Å². The standard InChI is InChI=1S/C18H31NO2/c1-13(2)8-7-9-14(3)10-11-16-12-17(18(20)21-6)15(4)19(16)5/h8,14,16H,7,9-12H2,1-6H3. The summed E-state index contributed by atoms with van der Waals surface area (Å²) < 4.78 is 4.87. The number of hydrogen-bond donors (Lipinski definition) is 0. The summed E-state index contributed by atoms with van der Waals surface area (Å²) in [5.41, 5.74) is 3.33. The highest BCUT2D eigenvalue weighted by atomic mass is 16.5. The van der Waals surface area contributed by atoms with Gasteiger partial charge >= 0.3 is 5.97 Å². The van der Waals surface area contributed by atoms with Crippen LogP contribution in [0.4, 0.5) is 0 Å². The van der Waals surface area contributed by atoms with Crippen LogP contribution >= 0.6 is 0 Å². The van der Waals surface area contributed by atoms with Crippen molar-refractivity contribution in [1.82, 2.24) is 4.90 Å². The van der Waals surface area contributed by atoms with E-state index >= 15 is 0 Å². The molecule has 21 heavy (non-hydrogen) atoms. The fourth-order valence-corrected chi connectivity index (χ4v) is 2.93. The van der Waals surface area contributed by atoms with Gasteiger partial charge in [0.05, 0.1) is 12.7 Å². The molecule has 0 aromatic rings. The summed E-state index contributed by atoms with van der Waals surface area (Å²) >= 11 is 0. The molecule has 2 unspecified atom stereocenters. The molecule has 0 bridgehead atoms. The number of esters is 1. The molecule has 0 saturated heterocycles. The van der Waals surface area contributed by atoms with E-state index in [2.05, 4.69) is 38.8 Å². The molecule has 1 aliphatic rings. The molecule has 0 spiro atoms. The van der Waals surface area contributed by atoms with Crippen LogP contribution in [0.3, 0.4) is 0 Å². The Morgan fingerprint density at radius 2 is 2.10 bits per heavy atom. The van der Waals surface area contributed by atoms with Crippen LogP contribution in [-0.2, 0) is 9.53 Å². The quantitative estimate of drug-likeness (QED) is 0.518. The zero-order chi connectivity index (χ0) is 16.0. The summed E-state index contributed by atoms with van der Waals surface area (Å²) in [7, 11) is 3.55. The molecular weight excluding hydrogens is 262 g/mol. The highest BCUT2D eigenvalue weighted by Crippen LogP contribution is 2.31. The van der Waals surface area contributed by atoms with E-state index in [1.54, 1.807) is 0 Å². The van der Waals surface area contributed by atoms with Crippen LogP contribution in [-0.4, -0.2) is 31.1 Å². The van der Waals surface area contributed by atoms with Gasteiger partial charge in [0.2, 0.25) is 0 Å². The van der Waals surface area contributed by atoms with Crippen molar-refractivity contribution in [3.05, 3.63) is 22.9 Å². The van der Waals surface area contributed by atoms with Crippen LogP contribution < -0.4 is 0 Å². The summed E-state index contributed by atoms with van der Waals surface area (Å²) in [4.78, 5) is 14.0. The van der Waals surface area contributed by atoms with Crippen molar-refractivity contribution in [1.29, 1.82) is 0 Å². The predicted octanol–water partition coefficient (Wildman–Crippen LogP) is 4.30. The Morgan fingerprint density at radius 3 is 2.67 bits per heavy atom. The van der Waals surface area contributed by atoms with Gasteiger partial charge in [0.25, 0.3) is 0 Å². The molecule has 1 aliphatic heterocycles. The number of nitrogens with zero attached hydrogens (tertiary/aromatic N) is 1.